The van der Waals surface area contributed by atoms with Crippen molar-refractivity contribution in [3.05, 3.63) is 52.5 Å². The van der Waals surface area contributed by atoms with Crippen LogP contribution in [0.25, 0.3) is 0 Å². The molecule has 0 aromatic heterocycles. The molecule has 0 aliphatic rings. The van der Waals surface area contributed by atoms with Crippen LogP contribution in [0, 0.1) is 11.3 Å². The van der Waals surface area contributed by atoms with Crippen molar-refractivity contribution in [2.75, 3.05) is 19.1 Å². The maximum absolute atomic E-state index is 8.58. The zero-order valence-electron chi connectivity index (χ0n) is 11.9. The van der Waals surface area contributed by atoms with Gasteiger partial charge in [0.15, 0.2) is 18.1 Å². The highest BCUT2D eigenvalue weighted by atomic mass is 79.9. The predicted octanol–water partition coefficient (Wildman–Crippen LogP) is 3.81. The van der Waals surface area contributed by atoms with Crippen LogP contribution >= 0.6 is 15.9 Å². The minimum Gasteiger partial charge on any atom is -0.493 e. The van der Waals surface area contributed by atoms with E-state index in [0.717, 1.165) is 15.7 Å². The van der Waals surface area contributed by atoms with Crippen LogP contribution in [0.1, 0.15) is 5.56 Å². The second-order valence-electron chi connectivity index (χ2n) is 4.21. The minimum absolute atomic E-state index is 0.0359. The number of nitrogens with one attached hydrogen (secondary N) is 1. The third-order valence-corrected chi connectivity index (χ3v) is 3.43. The third kappa shape index (κ3) is 4.24. The Hall–Kier alpha value is -2.52. The van der Waals surface area contributed by atoms with Crippen LogP contribution in [0.15, 0.2) is 52.0 Å². The lowest BCUT2D eigenvalue weighted by Gasteiger charge is -2.10. The van der Waals surface area contributed by atoms with Gasteiger partial charge in [-0.3, -0.25) is 5.43 Å². The maximum Gasteiger partial charge on any atom is 0.174 e. The zero-order chi connectivity index (χ0) is 15.8. The van der Waals surface area contributed by atoms with Crippen LogP contribution in [0.2, 0.25) is 0 Å². The summed E-state index contributed by atoms with van der Waals surface area (Å²) in [5.74, 6) is 1.05. The van der Waals surface area contributed by atoms with Gasteiger partial charge in [-0.15, -0.1) is 0 Å². The van der Waals surface area contributed by atoms with Gasteiger partial charge in [-0.05, 0) is 40.2 Å². The Kier molecular flexibility index (Phi) is 5.81. The third-order valence-electron chi connectivity index (χ3n) is 2.75. The molecule has 5 nitrogen and oxygen atoms in total. The first-order valence-corrected chi connectivity index (χ1v) is 7.25. The Morgan fingerprint density at radius 3 is 2.73 bits per heavy atom. The molecule has 0 unspecified atom stereocenters. The first-order chi connectivity index (χ1) is 10.7. The smallest absolute Gasteiger partial charge is 0.174 e. The summed E-state index contributed by atoms with van der Waals surface area (Å²) in [6, 6.07) is 15.1. The Morgan fingerprint density at radius 2 is 2.05 bits per heavy atom. The fraction of sp³-hybridized carbons (Fsp3) is 0.125. The Bertz CT molecular complexity index is 697. The molecule has 22 heavy (non-hydrogen) atoms. The highest BCUT2D eigenvalue weighted by molar-refractivity contribution is 9.10. The van der Waals surface area contributed by atoms with Crippen LogP contribution in [0.4, 0.5) is 5.69 Å². The summed E-state index contributed by atoms with van der Waals surface area (Å²) in [5, 5.41) is 12.8. The summed E-state index contributed by atoms with van der Waals surface area (Å²) < 4.78 is 11.4. The summed E-state index contributed by atoms with van der Waals surface area (Å²) in [4.78, 5) is 0. The van der Waals surface area contributed by atoms with E-state index in [9.17, 15) is 0 Å². The number of ether oxygens (including phenoxy) is 2. The fourth-order valence-electron chi connectivity index (χ4n) is 1.72. The molecule has 2 rings (SSSR count). The fourth-order valence-corrected chi connectivity index (χ4v) is 2.15. The summed E-state index contributed by atoms with van der Waals surface area (Å²) >= 11 is 3.45. The molecule has 0 spiro atoms. The topological polar surface area (TPSA) is 66.6 Å². The normalized spacial score (nSPS) is 10.2. The second-order valence-corrected chi connectivity index (χ2v) is 5.06. The molecule has 0 bridgehead atoms. The number of methoxy groups -OCH3 is 1. The van der Waals surface area contributed by atoms with Crippen LogP contribution < -0.4 is 14.9 Å². The predicted molar refractivity (Wildman–Crippen MR) is 89.5 cm³/mol. The summed E-state index contributed by atoms with van der Waals surface area (Å²) in [6.07, 6.45) is 1.67. The summed E-state index contributed by atoms with van der Waals surface area (Å²) in [7, 11) is 1.55. The van der Waals surface area contributed by atoms with E-state index in [2.05, 4.69) is 26.5 Å². The Morgan fingerprint density at radius 1 is 1.27 bits per heavy atom. The number of rotatable bonds is 6. The van der Waals surface area contributed by atoms with E-state index in [-0.39, 0.29) is 6.61 Å². The van der Waals surface area contributed by atoms with Gasteiger partial charge in [0, 0.05) is 10.0 Å². The molecule has 0 fully saturated rings. The molecule has 6 heteroatoms. The number of anilines is 1. The standard InChI is InChI=1S/C16H14BrN3O2/c1-21-15-9-12(14(17)10-16(15)22-8-7-18)11-19-20-13-5-3-2-4-6-13/h2-6,9-11,20H,8H2,1H3/b19-11+. The molecule has 0 radical (unpaired) electrons. The van der Waals surface area contributed by atoms with Crippen molar-refractivity contribution in [1.29, 1.82) is 5.26 Å². The first kappa shape index (κ1) is 15.9. The highest BCUT2D eigenvalue weighted by Crippen LogP contribution is 2.32. The number of hydrazone groups is 1. The summed E-state index contributed by atoms with van der Waals surface area (Å²) in [5.41, 5.74) is 4.66. The average Bonchev–Trinajstić information content (AvgIpc) is 2.55. The van der Waals surface area contributed by atoms with E-state index >= 15 is 0 Å². The number of hydrogen-bond acceptors (Lipinski definition) is 5. The molecule has 0 saturated carbocycles. The van der Waals surface area contributed by atoms with Crippen molar-refractivity contribution < 1.29 is 9.47 Å². The van der Waals surface area contributed by atoms with Crippen LogP contribution in [0.3, 0.4) is 0 Å². The molecule has 0 amide bonds. The number of hydrogen-bond donors (Lipinski definition) is 1. The maximum atomic E-state index is 8.58. The number of nitrogens with zero attached hydrogens (tertiary/aromatic N) is 2. The molecule has 2 aromatic rings. The van der Waals surface area contributed by atoms with Gasteiger partial charge in [0.1, 0.15) is 6.07 Å². The lowest BCUT2D eigenvalue weighted by Crippen LogP contribution is -1.99. The number of halogens is 1. The quantitative estimate of drug-likeness (QED) is 0.629. The molecule has 0 aliphatic heterocycles. The van der Waals surface area contributed by atoms with Crippen molar-refractivity contribution >= 4 is 27.8 Å². The first-order valence-electron chi connectivity index (χ1n) is 6.46. The van der Waals surface area contributed by atoms with E-state index < -0.39 is 0 Å². The largest absolute Gasteiger partial charge is 0.493 e. The van der Waals surface area contributed by atoms with Crippen molar-refractivity contribution in [3.8, 4) is 17.6 Å². The molecular formula is C16H14BrN3O2. The molecule has 2 aromatic carbocycles. The molecule has 0 heterocycles. The van der Waals surface area contributed by atoms with Gasteiger partial charge in [-0.1, -0.05) is 18.2 Å². The van der Waals surface area contributed by atoms with Gasteiger partial charge in [-0.25, -0.2) is 0 Å². The zero-order valence-corrected chi connectivity index (χ0v) is 13.5. The minimum atomic E-state index is -0.0359. The number of benzene rings is 2. The van der Waals surface area contributed by atoms with Crippen molar-refractivity contribution in [3.63, 3.8) is 0 Å². The molecule has 0 saturated heterocycles. The van der Waals surface area contributed by atoms with E-state index in [1.54, 1.807) is 25.5 Å². The van der Waals surface area contributed by atoms with Gasteiger partial charge < -0.3 is 9.47 Å². The van der Waals surface area contributed by atoms with Crippen LogP contribution in [-0.2, 0) is 0 Å². The van der Waals surface area contributed by atoms with E-state index in [4.69, 9.17) is 14.7 Å². The van der Waals surface area contributed by atoms with Gasteiger partial charge in [0.05, 0.1) is 19.0 Å². The SMILES string of the molecule is COc1cc(/C=N/Nc2ccccc2)c(Br)cc1OCC#N. The molecular weight excluding hydrogens is 346 g/mol. The average molecular weight is 360 g/mol. The van der Waals surface area contributed by atoms with Gasteiger partial charge in [-0.2, -0.15) is 10.4 Å². The molecule has 0 aliphatic carbocycles. The highest BCUT2D eigenvalue weighted by Gasteiger charge is 2.09. The van der Waals surface area contributed by atoms with E-state index in [1.807, 2.05) is 36.4 Å². The monoisotopic (exact) mass is 359 g/mol. The van der Waals surface area contributed by atoms with E-state index in [1.165, 1.54) is 0 Å². The number of para-hydroxylation sites is 1. The van der Waals surface area contributed by atoms with Crippen molar-refractivity contribution in [1.82, 2.24) is 0 Å². The van der Waals surface area contributed by atoms with Crippen LogP contribution in [0.5, 0.6) is 11.5 Å². The Labute approximate surface area is 137 Å². The molecule has 112 valence electrons. The van der Waals surface area contributed by atoms with Gasteiger partial charge >= 0.3 is 0 Å². The van der Waals surface area contributed by atoms with Crippen LogP contribution in [-0.4, -0.2) is 19.9 Å². The van der Waals surface area contributed by atoms with E-state index in [0.29, 0.717) is 11.5 Å². The lowest BCUT2D eigenvalue weighted by molar-refractivity contribution is 0.329. The van der Waals surface area contributed by atoms with Crippen molar-refractivity contribution in [2.45, 2.75) is 0 Å². The number of nitriles is 1. The lowest BCUT2D eigenvalue weighted by atomic mass is 10.2. The summed E-state index contributed by atoms with van der Waals surface area (Å²) in [6.45, 7) is -0.0359. The van der Waals surface area contributed by atoms with Gasteiger partial charge in [0.25, 0.3) is 0 Å². The Balaban J connectivity index is 2.15. The molecule has 0 atom stereocenters. The van der Waals surface area contributed by atoms with Crippen molar-refractivity contribution in [2.24, 2.45) is 5.10 Å². The second kappa shape index (κ2) is 8.05. The van der Waals surface area contributed by atoms with Gasteiger partial charge in [0.2, 0.25) is 0 Å². The molecule has 1 N–H and O–H groups in total.